The van der Waals surface area contributed by atoms with Crippen LogP contribution in [-0.2, 0) is 10.8 Å². The van der Waals surface area contributed by atoms with E-state index in [4.69, 9.17) is 0 Å². The second kappa shape index (κ2) is 31.6. The largest absolute Gasteiger partial charge is 0.545 e. The molecule has 0 aliphatic carbocycles. The highest BCUT2D eigenvalue weighted by Gasteiger charge is 2.26. The van der Waals surface area contributed by atoms with Crippen LogP contribution in [0.2, 0.25) is 0 Å². The number of carboxylic acids is 2. The summed E-state index contributed by atoms with van der Waals surface area (Å²) >= 11 is 0. The van der Waals surface area contributed by atoms with E-state index in [0.717, 1.165) is 0 Å². The number of carboxylic acid groups (broad SMARTS) is 2. The molecule has 0 spiro atoms. The third-order valence-corrected chi connectivity index (χ3v) is 12.0. The van der Waals surface area contributed by atoms with Gasteiger partial charge in [-0.15, -0.1) is 0 Å². The molecule has 0 unspecified atom stereocenters. The van der Waals surface area contributed by atoms with Gasteiger partial charge in [-0.25, -0.2) is 4.21 Å². The molecule has 0 atom stereocenters. The van der Waals surface area contributed by atoms with Gasteiger partial charge >= 0.3 is 0 Å². The fourth-order valence-corrected chi connectivity index (χ4v) is 8.35. The third kappa shape index (κ3) is 20.4. The maximum Gasteiger partial charge on any atom is 0.0863 e. The molecule has 0 N–H and O–H groups in total. The van der Waals surface area contributed by atoms with Crippen LogP contribution in [0.5, 0.6) is 0 Å². The lowest BCUT2D eigenvalue weighted by atomic mass is 10.1. The van der Waals surface area contributed by atoms with Gasteiger partial charge in [-0.1, -0.05) is 143 Å². The van der Waals surface area contributed by atoms with Gasteiger partial charge in [-0.2, -0.15) is 0 Å². The normalized spacial score (nSPS) is 11.4. The molecule has 0 fully saturated rings. The highest BCUT2D eigenvalue weighted by molar-refractivity contribution is 7.85. The molecule has 0 radical (unpaired) electrons. The zero-order valence-electron chi connectivity index (χ0n) is 35.9. The molecule has 0 saturated heterocycles. The molecule has 310 valence electrons. The molecule has 0 aromatic heterocycles. The number of quaternary nitrogens is 2. The van der Waals surface area contributed by atoms with Crippen molar-refractivity contribution in [1.82, 2.24) is 0 Å². The van der Waals surface area contributed by atoms with Crippen LogP contribution in [0.3, 0.4) is 0 Å². The monoisotopic (exact) mass is 773 g/mol. The van der Waals surface area contributed by atoms with E-state index in [9.17, 15) is 24.0 Å². The Labute approximate surface area is 334 Å². The SMILES string of the molecule is CCCC[N+](CCCC)(CCCC)CCCC.CCCC[N+](CCCC)(CCCC)CCCC.O=C([O-])c1ccccc1S(=O)c1ccccc1C(=O)[O-]. The predicted octanol–water partition coefficient (Wildman–Crippen LogP) is 9.59. The zero-order valence-corrected chi connectivity index (χ0v) is 36.7. The third-order valence-electron chi connectivity index (χ3n) is 10.5. The Balaban J connectivity index is 0.000000786. The van der Waals surface area contributed by atoms with E-state index < -0.39 is 22.7 Å². The van der Waals surface area contributed by atoms with Crippen LogP contribution in [0.15, 0.2) is 58.3 Å². The zero-order chi connectivity index (χ0) is 40.7. The standard InChI is InChI=1S/2C16H36N.C14H10O5S/c2*1-5-9-13-17(14-10-6-2,15-11-7-3)16-12-8-4;15-13(16)9-5-1-3-7-11(9)20(19)12-8-4-2-6-10(12)14(17)18/h2*5-16H2,1-4H3;1-8H,(H,15,16)(H,17,18)/q2*+1;/p-2. The van der Waals surface area contributed by atoms with Crippen LogP contribution in [0.25, 0.3) is 0 Å². The second-order valence-corrected chi connectivity index (χ2v) is 16.6. The summed E-state index contributed by atoms with van der Waals surface area (Å²) in [5.74, 6) is -2.94. The van der Waals surface area contributed by atoms with E-state index in [1.807, 2.05) is 0 Å². The summed E-state index contributed by atoms with van der Waals surface area (Å²) in [5, 5.41) is 22.0. The van der Waals surface area contributed by atoms with Gasteiger partial charge in [0.05, 0.1) is 84.9 Å². The van der Waals surface area contributed by atoms with Crippen LogP contribution < -0.4 is 10.2 Å². The Bertz CT molecular complexity index is 1110. The molecule has 0 aliphatic rings. The molecule has 0 amide bonds. The first-order valence-corrected chi connectivity index (χ1v) is 22.9. The van der Waals surface area contributed by atoms with Crippen molar-refractivity contribution in [2.24, 2.45) is 0 Å². The summed E-state index contributed by atoms with van der Waals surface area (Å²) in [6.07, 6.45) is 22.1. The van der Waals surface area contributed by atoms with Gasteiger partial charge in [-0.3, -0.25) is 0 Å². The maximum absolute atomic E-state index is 12.4. The van der Waals surface area contributed by atoms with E-state index >= 15 is 0 Å². The minimum Gasteiger partial charge on any atom is -0.545 e. The van der Waals surface area contributed by atoms with Gasteiger partial charge in [0.25, 0.3) is 0 Å². The predicted molar refractivity (Wildman–Crippen MR) is 225 cm³/mol. The van der Waals surface area contributed by atoms with Gasteiger partial charge in [0.15, 0.2) is 0 Å². The number of unbranched alkanes of at least 4 members (excludes halogenated alkanes) is 8. The Hall–Kier alpha value is -2.55. The van der Waals surface area contributed by atoms with E-state index in [2.05, 4.69) is 55.4 Å². The Morgan fingerprint density at radius 2 is 0.630 bits per heavy atom. The van der Waals surface area contributed by atoms with Gasteiger partial charge in [-0.05, 0) is 63.5 Å². The van der Waals surface area contributed by atoms with Crippen molar-refractivity contribution < 1.29 is 33.0 Å². The van der Waals surface area contributed by atoms with E-state index in [1.54, 1.807) is 0 Å². The molecule has 2 rings (SSSR count). The number of nitrogens with zero attached hydrogens (tertiary/aromatic N) is 2. The minimum absolute atomic E-state index is 0.0128. The molecule has 0 saturated carbocycles. The van der Waals surface area contributed by atoms with Crippen LogP contribution in [0.4, 0.5) is 0 Å². The highest BCUT2D eigenvalue weighted by atomic mass is 32.2. The van der Waals surface area contributed by atoms with Crippen molar-refractivity contribution in [3.63, 3.8) is 0 Å². The smallest absolute Gasteiger partial charge is 0.0863 e. The summed E-state index contributed by atoms with van der Waals surface area (Å²) in [4.78, 5) is 22.0. The lowest BCUT2D eigenvalue weighted by Gasteiger charge is -2.39. The topological polar surface area (TPSA) is 97.3 Å². The van der Waals surface area contributed by atoms with Gasteiger partial charge in [0.1, 0.15) is 0 Å². The van der Waals surface area contributed by atoms with Crippen molar-refractivity contribution in [1.29, 1.82) is 0 Å². The van der Waals surface area contributed by atoms with Crippen molar-refractivity contribution in [2.45, 2.75) is 168 Å². The summed E-state index contributed by atoms with van der Waals surface area (Å²) in [6.45, 7) is 30.0. The average Bonchev–Trinajstić information content (AvgIpc) is 3.19. The Morgan fingerprint density at radius 1 is 0.426 bits per heavy atom. The fraction of sp³-hybridized carbons (Fsp3) is 0.696. The van der Waals surface area contributed by atoms with Gasteiger partial charge in [0.2, 0.25) is 0 Å². The van der Waals surface area contributed by atoms with Crippen LogP contribution in [0.1, 0.15) is 179 Å². The van der Waals surface area contributed by atoms with Crippen molar-refractivity contribution in [3.05, 3.63) is 59.7 Å². The number of hydrogen-bond donors (Lipinski definition) is 0. The lowest BCUT2D eigenvalue weighted by molar-refractivity contribution is -0.929. The summed E-state index contributed by atoms with van der Waals surface area (Å²) in [5.41, 5.74) is -0.474. The number of aromatic carboxylic acids is 2. The number of benzene rings is 2. The summed E-state index contributed by atoms with van der Waals surface area (Å²) in [6, 6.07) is 11.2. The molecular formula is C46H80N2O5S. The first-order chi connectivity index (χ1) is 26.0. The summed E-state index contributed by atoms with van der Waals surface area (Å²) in [7, 11) is -1.95. The van der Waals surface area contributed by atoms with Crippen molar-refractivity contribution in [2.75, 3.05) is 52.4 Å². The van der Waals surface area contributed by atoms with Crippen LogP contribution in [-0.4, -0.2) is 77.5 Å². The van der Waals surface area contributed by atoms with Crippen molar-refractivity contribution >= 4 is 22.7 Å². The highest BCUT2D eigenvalue weighted by Crippen LogP contribution is 2.23. The van der Waals surface area contributed by atoms with Gasteiger partial charge < -0.3 is 28.8 Å². The molecule has 2 aromatic rings. The first-order valence-electron chi connectivity index (χ1n) is 21.7. The molecule has 0 heterocycles. The van der Waals surface area contributed by atoms with E-state index in [1.165, 1.54) is 213 Å². The van der Waals surface area contributed by atoms with Gasteiger partial charge in [0, 0.05) is 11.1 Å². The van der Waals surface area contributed by atoms with Crippen LogP contribution in [0, 0.1) is 0 Å². The maximum atomic E-state index is 12.4. The molecular weight excluding hydrogens is 693 g/mol. The quantitative estimate of drug-likeness (QED) is 0.0803. The van der Waals surface area contributed by atoms with Crippen LogP contribution >= 0.6 is 0 Å². The number of rotatable bonds is 28. The average molecular weight is 773 g/mol. The van der Waals surface area contributed by atoms with E-state index in [0.29, 0.717) is 0 Å². The number of hydrogen-bond acceptors (Lipinski definition) is 5. The van der Waals surface area contributed by atoms with E-state index in [-0.39, 0.29) is 20.9 Å². The molecule has 7 nitrogen and oxygen atoms in total. The second-order valence-electron chi connectivity index (χ2n) is 15.1. The minimum atomic E-state index is -1.95. The number of carbonyl (C=O) groups excluding carboxylic acids is 2. The molecule has 8 heteroatoms. The lowest BCUT2D eigenvalue weighted by Crippen LogP contribution is -2.50. The molecule has 2 aromatic carbocycles. The molecule has 0 bridgehead atoms. The van der Waals surface area contributed by atoms with Crippen molar-refractivity contribution in [3.8, 4) is 0 Å². The molecule has 54 heavy (non-hydrogen) atoms. The number of carbonyl (C=O) groups is 2. The summed E-state index contributed by atoms with van der Waals surface area (Å²) < 4.78 is 15.3. The Morgan fingerprint density at radius 3 is 0.815 bits per heavy atom. The first kappa shape index (κ1) is 51.5. The fourth-order valence-electron chi connectivity index (χ4n) is 7.00. The Kier molecular flexibility index (Phi) is 30.1. The molecule has 0 aliphatic heterocycles.